The monoisotopic (exact) mass is 205 g/mol. The van der Waals surface area contributed by atoms with Gasteiger partial charge in [0.05, 0.1) is 0 Å². The minimum atomic E-state index is -4.89. The lowest BCUT2D eigenvalue weighted by Gasteiger charge is -2.02. The van der Waals surface area contributed by atoms with Gasteiger partial charge >= 0.3 is 6.98 Å². The highest BCUT2D eigenvalue weighted by Crippen LogP contribution is 2.08. The average molecular weight is 205 g/mol. The third-order valence-corrected chi connectivity index (χ3v) is 1.92. The fraction of sp³-hybridized carbons (Fsp3) is 0.800. The summed E-state index contributed by atoms with van der Waals surface area (Å²) in [5.41, 5.74) is 0. The summed E-state index contributed by atoms with van der Waals surface area (Å²) >= 11 is 0. The largest absolute Gasteiger partial charge is 0.557 e. The number of hydrogen-bond donors (Lipinski definition) is 0. The summed E-state index contributed by atoms with van der Waals surface area (Å²) in [5, 5.41) is 0. The summed E-state index contributed by atoms with van der Waals surface area (Å²) in [6.07, 6.45) is 6.89. The van der Waals surface area contributed by atoms with Crippen molar-refractivity contribution in [3.63, 3.8) is 0 Å². The van der Waals surface area contributed by atoms with Gasteiger partial charge in [0.25, 0.3) is 0 Å². The maximum atomic E-state index is 11.6. The van der Waals surface area contributed by atoms with Gasteiger partial charge in [0.2, 0.25) is 0 Å². The zero-order valence-corrected chi connectivity index (χ0v) is 8.66. The van der Waals surface area contributed by atoms with E-state index >= 15 is 0 Å². The maximum absolute atomic E-state index is 11.6. The third-order valence-electron chi connectivity index (χ3n) is 1.92. The van der Waals surface area contributed by atoms with Crippen LogP contribution in [0.15, 0.2) is 0 Å². The van der Waals surface area contributed by atoms with Crippen LogP contribution in [0.4, 0.5) is 12.9 Å². The molecule has 0 N–H and O–H groups in total. The van der Waals surface area contributed by atoms with E-state index in [-0.39, 0.29) is 0 Å². The Bertz CT molecular complexity index is 188. The molecule has 0 aromatic rings. The molecule has 0 aliphatic rings. The van der Waals surface area contributed by atoms with E-state index in [2.05, 4.69) is 12.8 Å². The molecule has 0 atom stereocenters. The zero-order valence-electron chi connectivity index (χ0n) is 8.66. The molecule has 0 amide bonds. The second-order valence-electron chi connectivity index (χ2n) is 3.41. The standard InChI is InChI=1S/C10H17BF3/c1-2-3-4-5-6-7-8-9-10-11(12,13)14/h2-8H2,1H3/q-1. The van der Waals surface area contributed by atoms with Crippen LogP contribution in [0.25, 0.3) is 0 Å². The van der Waals surface area contributed by atoms with E-state index < -0.39 is 6.98 Å². The molecule has 0 nitrogen and oxygen atoms in total. The van der Waals surface area contributed by atoms with Gasteiger partial charge in [0.1, 0.15) is 0 Å². The molecule has 0 radical (unpaired) electrons. The Labute approximate surface area is 84.3 Å². The zero-order chi connectivity index (χ0) is 10.9. The lowest BCUT2D eigenvalue weighted by atomic mass is 9.93. The van der Waals surface area contributed by atoms with Gasteiger partial charge < -0.3 is 12.9 Å². The van der Waals surface area contributed by atoms with Gasteiger partial charge in [-0.15, -0.1) is 5.92 Å². The van der Waals surface area contributed by atoms with Crippen LogP contribution >= 0.6 is 0 Å². The first-order chi connectivity index (χ1) is 6.56. The average Bonchev–Trinajstić information content (AvgIpc) is 2.08. The van der Waals surface area contributed by atoms with Crippen molar-refractivity contribution in [2.75, 3.05) is 0 Å². The summed E-state index contributed by atoms with van der Waals surface area (Å²) < 4.78 is 34.9. The van der Waals surface area contributed by atoms with E-state index in [1.807, 2.05) is 0 Å². The Kier molecular flexibility index (Phi) is 7.46. The SMILES string of the molecule is CCCCCCCCC#C[B-](F)(F)F. The molecule has 0 heterocycles. The third kappa shape index (κ3) is 11.4. The fourth-order valence-electron chi connectivity index (χ4n) is 1.18. The lowest BCUT2D eigenvalue weighted by molar-refractivity contribution is 0.503. The van der Waals surface area contributed by atoms with Crippen LogP contribution in [0.2, 0.25) is 0 Å². The van der Waals surface area contributed by atoms with Crippen molar-refractivity contribution >= 4 is 6.98 Å². The molecular formula is C10H17BF3-. The summed E-state index contributed by atoms with van der Waals surface area (Å²) in [5.74, 6) is 3.51. The van der Waals surface area contributed by atoms with Gasteiger partial charge in [-0.3, -0.25) is 0 Å². The van der Waals surface area contributed by atoms with Crippen molar-refractivity contribution in [2.24, 2.45) is 0 Å². The quantitative estimate of drug-likeness (QED) is 0.347. The van der Waals surface area contributed by atoms with Crippen molar-refractivity contribution in [1.82, 2.24) is 0 Å². The molecule has 0 unspecified atom stereocenters. The van der Waals surface area contributed by atoms with E-state index in [1.165, 1.54) is 25.1 Å². The molecular weight excluding hydrogens is 188 g/mol. The first kappa shape index (κ1) is 13.4. The molecule has 0 aliphatic heterocycles. The van der Waals surface area contributed by atoms with E-state index in [0.717, 1.165) is 19.3 Å². The van der Waals surface area contributed by atoms with Crippen LogP contribution in [0.1, 0.15) is 51.9 Å². The Morgan fingerprint density at radius 1 is 0.929 bits per heavy atom. The topological polar surface area (TPSA) is 0 Å². The van der Waals surface area contributed by atoms with E-state index in [4.69, 9.17) is 0 Å². The molecule has 82 valence electrons. The molecule has 0 fully saturated rings. The number of rotatable bonds is 6. The Balaban J connectivity index is 3.24. The summed E-state index contributed by atoms with van der Waals surface area (Å²) in [7, 11) is 0. The Morgan fingerprint density at radius 3 is 2.07 bits per heavy atom. The molecule has 0 saturated heterocycles. The summed E-state index contributed by atoms with van der Waals surface area (Å²) in [6.45, 7) is -2.76. The van der Waals surface area contributed by atoms with Crippen LogP contribution < -0.4 is 0 Å². The van der Waals surface area contributed by atoms with Crippen molar-refractivity contribution in [1.29, 1.82) is 0 Å². The predicted molar refractivity (Wildman–Crippen MR) is 54.8 cm³/mol. The maximum Gasteiger partial charge on any atom is 0.557 e. The van der Waals surface area contributed by atoms with Gasteiger partial charge in [-0.25, -0.2) is 5.82 Å². The van der Waals surface area contributed by atoms with E-state index in [0.29, 0.717) is 6.42 Å². The van der Waals surface area contributed by atoms with Gasteiger partial charge in [-0.2, -0.15) is 0 Å². The van der Waals surface area contributed by atoms with E-state index in [9.17, 15) is 12.9 Å². The van der Waals surface area contributed by atoms with Crippen LogP contribution in [-0.4, -0.2) is 6.98 Å². The fourth-order valence-corrected chi connectivity index (χ4v) is 1.18. The van der Waals surface area contributed by atoms with Gasteiger partial charge in [0, 0.05) is 6.42 Å². The number of halogens is 3. The summed E-state index contributed by atoms with van der Waals surface area (Å²) in [4.78, 5) is 0. The molecule has 4 heteroatoms. The second kappa shape index (κ2) is 7.79. The Morgan fingerprint density at radius 2 is 1.50 bits per heavy atom. The molecule has 0 saturated carbocycles. The van der Waals surface area contributed by atoms with Gasteiger partial charge in [-0.1, -0.05) is 39.0 Å². The lowest BCUT2D eigenvalue weighted by Crippen LogP contribution is -2.10. The predicted octanol–water partition coefficient (Wildman–Crippen LogP) is 4.13. The summed E-state index contributed by atoms with van der Waals surface area (Å²) in [6, 6.07) is 0. The molecule has 14 heavy (non-hydrogen) atoms. The van der Waals surface area contributed by atoms with Gasteiger partial charge in [-0.05, 0) is 6.42 Å². The molecule has 0 spiro atoms. The van der Waals surface area contributed by atoms with Crippen LogP contribution in [0.3, 0.4) is 0 Å². The normalized spacial score (nSPS) is 10.9. The Hall–Kier alpha value is -0.585. The first-order valence-electron chi connectivity index (χ1n) is 5.25. The van der Waals surface area contributed by atoms with Crippen molar-refractivity contribution in [2.45, 2.75) is 51.9 Å². The number of hydrogen-bond acceptors (Lipinski definition) is 0. The van der Waals surface area contributed by atoms with Crippen molar-refractivity contribution in [3.05, 3.63) is 0 Å². The molecule has 0 aromatic heterocycles. The molecule has 0 bridgehead atoms. The van der Waals surface area contributed by atoms with E-state index in [1.54, 1.807) is 0 Å². The van der Waals surface area contributed by atoms with Crippen molar-refractivity contribution in [3.8, 4) is 11.7 Å². The minimum Gasteiger partial charge on any atom is -0.438 e. The van der Waals surface area contributed by atoms with Crippen LogP contribution in [0, 0.1) is 11.7 Å². The first-order valence-corrected chi connectivity index (χ1v) is 5.25. The van der Waals surface area contributed by atoms with Crippen molar-refractivity contribution < 1.29 is 12.9 Å². The smallest absolute Gasteiger partial charge is 0.438 e. The second-order valence-corrected chi connectivity index (χ2v) is 3.41. The molecule has 0 aromatic carbocycles. The highest BCUT2D eigenvalue weighted by Gasteiger charge is 2.17. The number of unbranched alkanes of at least 4 members (excludes halogenated alkanes) is 6. The van der Waals surface area contributed by atoms with Crippen LogP contribution in [-0.2, 0) is 0 Å². The van der Waals surface area contributed by atoms with Crippen LogP contribution in [0.5, 0.6) is 0 Å². The highest BCUT2D eigenvalue weighted by molar-refractivity contribution is 6.67. The highest BCUT2D eigenvalue weighted by atomic mass is 19.4. The molecule has 0 rings (SSSR count). The van der Waals surface area contributed by atoms with Gasteiger partial charge in [0.15, 0.2) is 0 Å². The minimum absolute atomic E-state index is 0.382. The molecule has 0 aliphatic carbocycles.